The highest BCUT2D eigenvalue weighted by Crippen LogP contribution is 2.15. The molecule has 2 aromatic rings. The molecular weight excluding hydrogens is 202 g/mol. The van der Waals surface area contributed by atoms with Gasteiger partial charge in [0.05, 0.1) is 7.05 Å². The number of anilines is 2. The van der Waals surface area contributed by atoms with Crippen LogP contribution in [0.2, 0.25) is 5.02 Å². The number of halogens is 1. The van der Waals surface area contributed by atoms with Crippen LogP contribution in [0.5, 0.6) is 0 Å². The molecule has 0 saturated carbocycles. The van der Waals surface area contributed by atoms with Crippen LogP contribution in [0.3, 0.4) is 0 Å². The van der Waals surface area contributed by atoms with Crippen molar-refractivity contribution in [3.05, 3.63) is 29.3 Å². The van der Waals surface area contributed by atoms with E-state index in [0.29, 0.717) is 11.0 Å². The summed E-state index contributed by atoms with van der Waals surface area (Å²) >= 11 is 5.74. The number of benzene rings is 1. The molecule has 2 rings (SSSR count). The Bertz CT molecular complexity index is 422. The van der Waals surface area contributed by atoms with Crippen molar-refractivity contribution >= 4 is 23.2 Å². The van der Waals surface area contributed by atoms with Crippen molar-refractivity contribution in [3.63, 3.8) is 0 Å². The fourth-order valence-electron chi connectivity index (χ4n) is 0.996. The lowest BCUT2D eigenvalue weighted by atomic mass is 10.3. The first-order chi connectivity index (χ1) is 6.74. The van der Waals surface area contributed by atoms with E-state index in [2.05, 4.69) is 20.7 Å². The third-order valence-corrected chi connectivity index (χ3v) is 1.86. The van der Waals surface area contributed by atoms with Crippen LogP contribution in [0, 0.1) is 0 Å². The molecule has 0 aliphatic heterocycles. The maximum atomic E-state index is 5.74. The van der Waals surface area contributed by atoms with Crippen LogP contribution < -0.4 is 5.32 Å². The van der Waals surface area contributed by atoms with Crippen LogP contribution in [-0.4, -0.2) is 20.2 Å². The van der Waals surface area contributed by atoms with E-state index in [1.165, 1.54) is 4.80 Å². The zero-order valence-corrected chi connectivity index (χ0v) is 8.23. The SMILES string of the molecule is Cn1nnc(Nc2ccc(Cl)cc2)n1. The lowest BCUT2D eigenvalue weighted by molar-refractivity contribution is 0.630. The number of nitrogens with zero attached hydrogens (tertiary/aromatic N) is 4. The summed E-state index contributed by atoms with van der Waals surface area (Å²) in [6.45, 7) is 0. The topological polar surface area (TPSA) is 55.6 Å². The number of tetrazole rings is 1. The molecule has 1 heterocycles. The van der Waals surface area contributed by atoms with E-state index >= 15 is 0 Å². The van der Waals surface area contributed by atoms with Gasteiger partial charge in [0.25, 0.3) is 5.95 Å². The zero-order valence-electron chi connectivity index (χ0n) is 7.48. The van der Waals surface area contributed by atoms with Gasteiger partial charge in [-0.2, -0.15) is 4.80 Å². The van der Waals surface area contributed by atoms with Gasteiger partial charge in [-0.25, -0.2) is 0 Å². The number of hydrogen-bond donors (Lipinski definition) is 1. The summed E-state index contributed by atoms with van der Waals surface area (Å²) < 4.78 is 0. The van der Waals surface area contributed by atoms with Gasteiger partial charge >= 0.3 is 0 Å². The number of aryl methyl sites for hydroxylation is 1. The summed E-state index contributed by atoms with van der Waals surface area (Å²) in [5, 5.41) is 15.2. The molecule has 1 N–H and O–H groups in total. The highest BCUT2D eigenvalue weighted by Gasteiger charge is 1.99. The van der Waals surface area contributed by atoms with Crippen molar-refractivity contribution in [3.8, 4) is 0 Å². The average molecular weight is 210 g/mol. The molecule has 0 amide bonds. The fourth-order valence-corrected chi connectivity index (χ4v) is 1.12. The third-order valence-electron chi connectivity index (χ3n) is 1.61. The molecule has 0 atom stereocenters. The van der Waals surface area contributed by atoms with Crippen LogP contribution in [0.15, 0.2) is 24.3 Å². The predicted octanol–water partition coefficient (Wildman–Crippen LogP) is 1.61. The van der Waals surface area contributed by atoms with E-state index in [9.17, 15) is 0 Å². The van der Waals surface area contributed by atoms with Crippen molar-refractivity contribution in [1.82, 2.24) is 20.2 Å². The van der Waals surface area contributed by atoms with Gasteiger partial charge in [0.2, 0.25) is 0 Å². The van der Waals surface area contributed by atoms with Crippen molar-refractivity contribution in [2.75, 3.05) is 5.32 Å². The minimum Gasteiger partial charge on any atom is -0.322 e. The highest BCUT2D eigenvalue weighted by molar-refractivity contribution is 6.30. The van der Waals surface area contributed by atoms with Gasteiger partial charge in [0.15, 0.2) is 0 Å². The van der Waals surface area contributed by atoms with Gasteiger partial charge in [-0.05, 0) is 29.5 Å². The first kappa shape index (κ1) is 8.96. The Morgan fingerprint density at radius 3 is 2.57 bits per heavy atom. The van der Waals surface area contributed by atoms with E-state index < -0.39 is 0 Å². The van der Waals surface area contributed by atoms with Crippen LogP contribution in [0.4, 0.5) is 11.6 Å². The number of aromatic nitrogens is 4. The van der Waals surface area contributed by atoms with Crippen LogP contribution in [0.25, 0.3) is 0 Å². The normalized spacial score (nSPS) is 10.1. The molecule has 1 aromatic carbocycles. The second kappa shape index (κ2) is 3.63. The molecular formula is C8H8ClN5. The monoisotopic (exact) mass is 209 g/mol. The number of nitrogens with one attached hydrogen (secondary N) is 1. The largest absolute Gasteiger partial charge is 0.322 e. The molecule has 5 nitrogen and oxygen atoms in total. The molecule has 0 saturated heterocycles. The summed E-state index contributed by atoms with van der Waals surface area (Å²) in [6, 6.07) is 7.28. The smallest absolute Gasteiger partial charge is 0.267 e. The lowest BCUT2D eigenvalue weighted by Crippen LogP contribution is -1.94. The Morgan fingerprint density at radius 2 is 2.00 bits per heavy atom. The van der Waals surface area contributed by atoms with Crippen LogP contribution >= 0.6 is 11.6 Å². The summed E-state index contributed by atoms with van der Waals surface area (Å²) in [6.07, 6.45) is 0. The summed E-state index contributed by atoms with van der Waals surface area (Å²) in [5.41, 5.74) is 0.877. The molecule has 14 heavy (non-hydrogen) atoms. The minimum absolute atomic E-state index is 0.467. The van der Waals surface area contributed by atoms with E-state index in [-0.39, 0.29) is 0 Å². The summed E-state index contributed by atoms with van der Waals surface area (Å²) in [4.78, 5) is 1.39. The Morgan fingerprint density at radius 1 is 1.29 bits per heavy atom. The van der Waals surface area contributed by atoms with Crippen molar-refractivity contribution < 1.29 is 0 Å². The Balaban J connectivity index is 2.15. The van der Waals surface area contributed by atoms with E-state index in [4.69, 9.17) is 11.6 Å². The molecule has 0 aliphatic carbocycles. The van der Waals surface area contributed by atoms with Gasteiger partial charge < -0.3 is 5.32 Å². The molecule has 1 aromatic heterocycles. The minimum atomic E-state index is 0.467. The van der Waals surface area contributed by atoms with Crippen LogP contribution in [0.1, 0.15) is 0 Å². The standard InChI is InChI=1S/C8H8ClN5/c1-14-12-8(11-13-14)10-7-4-2-6(9)3-5-7/h2-5H,1H3,(H,10,12). The first-order valence-corrected chi connectivity index (χ1v) is 4.38. The van der Waals surface area contributed by atoms with Gasteiger partial charge in [0, 0.05) is 10.7 Å². The molecule has 0 radical (unpaired) electrons. The second-order valence-electron chi connectivity index (χ2n) is 2.73. The third kappa shape index (κ3) is 2.00. The number of rotatable bonds is 2. The maximum absolute atomic E-state index is 5.74. The van der Waals surface area contributed by atoms with Gasteiger partial charge in [-0.15, -0.1) is 5.10 Å². The quantitative estimate of drug-likeness (QED) is 0.817. The Labute approximate surface area is 85.7 Å². The lowest BCUT2D eigenvalue weighted by Gasteiger charge is -1.99. The van der Waals surface area contributed by atoms with Gasteiger partial charge in [0.1, 0.15) is 0 Å². The van der Waals surface area contributed by atoms with Crippen LogP contribution in [-0.2, 0) is 7.05 Å². The van der Waals surface area contributed by atoms with E-state index in [0.717, 1.165) is 5.69 Å². The summed E-state index contributed by atoms with van der Waals surface area (Å²) in [5.74, 6) is 0.467. The van der Waals surface area contributed by atoms with Crippen molar-refractivity contribution in [2.45, 2.75) is 0 Å². The maximum Gasteiger partial charge on any atom is 0.267 e. The molecule has 0 unspecified atom stereocenters. The van der Waals surface area contributed by atoms with Crippen molar-refractivity contribution in [2.24, 2.45) is 7.05 Å². The second-order valence-corrected chi connectivity index (χ2v) is 3.17. The molecule has 0 spiro atoms. The molecule has 6 heteroatoms. The van der Waals surface area contributed by atoms with Gasteiger partial charge in [-0.1, -0.05) is 16.7 Å². The average Bonchev–Trinajstić information content (AvgIpc) is 2.56. The fraction of sp³-hybridized carbons (Fsp3) is 0.125. The zero-order chi connectivity index (χ0) is 9.97. The van der Waals surface area contributed by atoms with Crippen molar-refractivity contribution in [1.29, 1.82) is 0 Å². The molecule has 72 valence electrons. The van der Waals surface area contributed by atoms with E-state index in [1.54, 1.807) is 19.2 Å². The van der Waals surface area contributed by atoms with Gasteiger partial charge in [-0.3, -0.25) is 0 Å². The Hall–Kier alpha value is -1.62. The molecule has 0 bridgehead atoms. The first-order valence-electron chi connectivity index (χ1n) is 4.00. The summed E-state index contributed by atoms with van der Waals surface area (Å²) in [7, 11) is 1.71. The number of hydrogen-bond acceptors (Lipinski definition) is 4. The molecule has 0 aliphatic rings. The van der Waals surface area contributed by atoms with E-state index in [1.807, 2.05) is 12.1 Å². The Kier molecular flexibility index (Phi) is 2.32. The molecule has 0 fully saturated rings. The highest BCUT2D eigenvalue weighted by atomic mass is 35.5. The predicted molar refractivity (Wildman–Crippen MR) is 53.5 cm³/mol.